The smallest absolute Gasteiger partial charge is 0.303 e. The molecule has 2 aromatic carbocycles. The fourth-order valence-corrected chi connectivity index (χ4v) is 5.34. The van der Waals surface area contributed by atoms with E-state index in [-0.39, 0.29) is 23.3 Å². The lowest BCUT2D eigenvalue weighted by atomic mass is 9.93. The van der Waals surface area contributed by atoms with Crippen molar-refractivity contribution < 1.29 is 18.3 Å². The van der Waals surface area contributed by atoms with Gasteiger partial charge in [0.05, 0.1) is 10.9 Å². The highest BCUT2D eigenvalue weighted by Crippen LogP contribution is 2.41. The predicted molar refractivity (Wildman–Crippen MR) is 109 cm³/mol. The van der Waals surface area contributed by atoms with Gasteiger partial charge in [0.25, 0.3) is 0 Å². The molecule has 7 heteroatoms. The van der Waals surface area contributed by atoms with E-state index in [0.29, 0.717) is 24.4 Å². The van der Waals surface area contributed by atoms with Crippen molar-refractivity contribution in [1.82, 2.24) is 4.31 Å². The number of carboxylic acids is 1. The van der Waals surface area contributed by atoms with Crippen LogP contribution in [-0.4, -0.2) is 30.3 Å². The van der Waals surface area contributed by atoms with Crippen LogP contribution < -0.4 is 0 Å². The number of halogens is 1. The number of hydrogen-bond donors (Lipinski definition) is 1. The zero-order valence-electron chi connectivity index (χ0n) is 15.2. The van der Waals surface area contributed by atoms with Gasteiger partial charge in [-0.25, -0.2) is 8.42 Å². The second-order valence-corrected chi connectivity index (χ2v) is 9.07. The summed E-state index contributed by atoms with van der Waals surface area (Å²) in [5.41, 5.74) is 0.922. The third kappa shape index (κ3) is 4.63. The largest absolute Gasteiger partial charge is 0.481 e. The van der Waals surface area contributed by atoms with E-state index in [1.165, 1.54) is 16.4 Å². The van der Waals surface area contributed by atoms with Gasteiger partial charge in [0.2, 0.25) is 10.0 Å². The number of allylic oxidation sites excluding steroid dienone is 1. The van der Waals surface area contributed by atoms with Crippen molar-refractivity contribution in [1.29, 1.82) is 0 Å². The first-order valence-electron chi connectivity index (χ1n) is 9.10. The normalized spacial score (nSPS) is 20.6. The fourth-order valence-electron chi connectivity index (χ4n) is 3.54. The van der Waals surface area contributed by atoms with Gasteiger partial charge in [0.1, 0.15) is 0 Å². The van der Waals surface area contributed by atoms with Gasteiger partial charge < -0.3 is 5.11 Å². The molecule has 0 saturated carbocycles. The van der Waals surface area contributed by atoms with E-state index in [2.05, 4.69) is 0 Å². The van der Waals surface area contributed by atoms with Crippen LogP contribution in [0.15, 0.2) is 71.6 Å². The van der Waals surface area contributed by atoms with Crippen molar-refractivity contribution in [2.45, 2.75) is 30.2 Å². The van der Waals surface area contributed by atoms with Crippen LogP contribution in [0.4, 0.5) is 0 Å². The summed E-state index contributed by atoms with van der Waals surface area (Å²) in [7, 11) is -3.68. The second-order valence-electron chi connectivity index (χ2n) is 6.74. The Hall–Kier alpha value is -2.15. The number of rotatable bonds is 7. The zero-order chi connectivity index (χ0) is 20.1. The first-order valence-corrected chi connectivity index (χ1v) is 10.9. The van der Waals surface area contributed by atoms with E-state index in [0.717, 1.165) is 5.56 Å². The molecule has 0 amide bonds. The van der Waals surface area contributed by atoms with Crippen molar-refractivity contribution in [3.05, 3.63) is 77.3 Å². The summed E-state index contributed by atoms with van der Waals surface area (Å²) in [5.74, 6) is -0.860. The van der Waals surface area contributed by atoms with Crippen molar-refractivity contribution >= 4 is 27.6 Å². The standard InChI is InChI=1S/C21H22ClNO4S/c22-18-10-12-19(13-11-18)28(26,27)23-15-14-17(8-4-5-9-20(24)25)21(23)16-6-2-1-3-7-16/h1-4,6-8,10-13,17,21H,5,9,14-15H2,(H,24,25)/b8-4-/t17-,21-/m1/s1. The minimum absolute atomic E-state index is 0.0155. The molecule has 1 aliphatic heterocycles. The van der Waals surface area contributed by atoms with Crippen molar-refractivity contribution in [3.63, 3.8) is 0 Å². The van der Waals surface area contributed by atoms with E-state index in [9.17, 15) is 13.2 Å². The van der Waals surface area contributed by atoms with Crippen LogP contribution >= 0.6 is 11.6 Å². The highest BCUT2D eigenvalue weighted by Gasteiger charge is 2.41. The van der Waals surface area contributed by atoms with Crippen molar-refractivity contribution in [3.8, 4) is 0 Å². The van der Waals surface area contributed by atoms with Crippen LogP contribution in [0.2, 0.25) is 5.02 Å². The SMILES string of the molecule is O=C(O)CC/C=C\[C@@H]1CCN(S(=O)(=O)c2ccc(Cl)cc2)[C@@H]1c1ccccc1. The molecule has 3 rings (SSSR count). The summed E-state index contributed by atoms with van der Waals surface area (Å²) in [5, 5.41) is 9.28. The van der Waals surface area contributed by atoms with Gasteiger partial charge in [0.15, 0.2) is 0 Å². The molecule has 0 aromatic heterocycles. The molecule has 1 heterocycles. The molecule has 0 radical (unpaired) electrons. The molecule has 28 heavy (non-hydrogen) atoms. The van der Waals surface area contributed by atoms with Gasteiger partial charge in [-0.05, 0) is 48.6 Å². The van der Waals surface area contributed by atoms with Gasteiger partial charge in [-0.1, -0.05) is 54.1 Å². The molecule has 0 unspecified atom stereocenters. The molecule has 5 nitrogen and oxygen atoms in total. The van der Waals surface area contributed by atoms with Crippen LogP contribution in [-0.2, 0) is 14.8 Å². The van der Waals surface area contributed by atoms with Crippen LogP contribution in [0.25, 0.3) is 0 Å². The maximum absolute atomic E-state index is 13.3. The second kappa shape index (κ2) is 8.90. The maximum Gasteiger partial charge on any atom is 0.303 e. The lowest BCUT2D eigenvalue weighted by Crippen LogP contribution is -2.32. The lowest BCUT2D eigenvalue weighted by Gasteiger charge is -2.27. The summed E-state index contributed by atoms with van der Waals surface area (Å²) in [6, 6.07) is 15.4. The van der Waals surface area contributed by atoms with Gasteiger partial charge in [-0.2, -0.15) is 4.31 Å². The van der Waals surface area contributed by atoms with Crippen molar-refractivity contribution in [2.75, 3.05) is 6.54 Å². The Morgan fingerprint density at radius 1 is 1.14 bits per heavy atom. The molecule has 1 aliphatic rings. The maximum atomic E-state index is 13.3. The van der Waals surface area contributed by atoms with Crippen LogP contribution in [0.3, 0.4) is 0 Å². The van der Waals surface area contributed by atoms with E-state index in [1.807, 2.05) is 42.5 Å². The van der Waals surface area contributed by atoms with Gasteiger partial charge in [-0.15, -0.1) is 0 Å². The van der Waals surface area contributed by atoms with Gasteiger partial charge in [-0.3, -0.25) is 4.79 Å². The molecule has 1 saturated heterocycles. The number of carboxylic acid groups (broad SMARTS) is 1. The Kier molecular flexibility index (Phi) is 6.54. The van der Waals surface area contributed by atoms with E-state index < -0.39 is 16.0 Å². The fraction of sp³-hybridized carbons (Fsp3) is 0.286. The molecule has 0 bridgehead atoms. The number of hydrogen-bond acceptors (Lipinski definition) is 3. The molecule has 1 fully saturated rings. The summed E-state index contributed by atoms with van der Waals surface area (Å²) in [6.07, 6.45) is 4.96. The number of carbonyl (C=O) groups is 1. The molecule has 0 aliphatic carbocycles. The number of nitrogens with zero attached hydrogens (tertiary/aromatic N) is 1. The average molecular weight is 420 g/mol. The molecular weight excluding hydrogens is 398 g/mol. The third-order valence-corrected chi connectivity index (χ3v) is 7.02. The Morgan fingerprint density at radius 2 is 1.82 bits per heavy atom. The highest BCUT2D eigenvalue weighted by molar-refractivity contribution is 7.89. The molecule has 148 valence electrons. The minimum atomic E-state index is -3.68. The minimum Gasteiger partial charge on any atom is -0.481 e. The van der Waals surface area contributed by atoms with Crippen LogP contribution in [0.5, 0.6) is 0 Å². The molecule has 2 atom stereocenters. The zero-order valence-corrected chi connectivity index (χ0v) is 16.8. The Morgan fingerprint density at radius 3 is 2.46 bits per heavy atom. The molecular formula is C21H22ClNO4S. The topological polar surface area (TPSA) is 74.7 Å². The molecule has 2 aromatic rings. The Bertz CT molecular complexity index is 942. The Balaban J connectivity index is 1.91. The number of aliphatic carboxylic acids is 1. The first kappa shape index (κ1) is 20.6. The Labute approximate surface area is 170 Å². The monoisotopic (exact) mass is 419 g/mol. The lowest BCUT2D eigenvalue weighted by molar-refractivity contribution is -0.136. The van der Waals surface area contributed by atoms with Crippen LogP contribution in [0, 0.1) is 5.92 Å². The van der Waals surface area contributed by atoms with E-state index in [4.69, 9.17) is 16.7 Å². The van der Waals surface area contributed by atoms with E-state index >= 15 is 0 Å². The summed E-state index contributed by atoms with van der Waals surface area (Å²) in [4.78, 5) is 10.9. The van der Waals surface area contributed by atoms with E-state index in [1.54, 1.807) is 12.1 Å². The number of sulfonamides is 1. The number of benzene rings is 2. The summed E-state index contributed by atoms with van der Waals surface area (Å²) < 4.78 is 28.1. The van der Waals surface area contributed by atoms with Gasteiger partial charge >= 0.3 is 5.97 Å². The highest BCUT2D eigenvalue weighted by atomic mass is 35.5. The average Bonchev–Trinajstić information content (AvgIpc) is 3.11. The predicted octanol–water partition coefficient (Wildman–Crippen LogP) is 4.51. The molecule has 1 N–H and O–H groups in total. The quantitative estimate of drug-likeness (QED) is 0.670. The summed E-state index contributed by atoms with van der Waals surface area (Å²) in [6.45, 7) is 0.401. The van der Waals surface area contributed by atoms with Crippen molar-refractivity contribution in [2.24, 2.45) is 5.92 Å². The summed E-state index contributed by atoms with van der Waals surface area (Å²) >= 11 is 5.90. The van der Waals surface area contributed by atoms with Gasteiger partial charge in [0, 0.05) is 18.0 Å². The molecule has 0 spiro atoms. The first-order chi connectivity index (χ1) is 13.4. The third-order valence-electron chi connectivity index (χ3n) is 4.87. The van der Waals surface area contributed by atoms with Crippen LogP contribution in [0.1, 0.15) is 30.9 Å².